The number of ether oxygens (including phenoxy) is 1. The van der Waals surface area contributed by atoms with Gasteiger partial charge in [-0.1, -0.05) is 0 Å². The summed E-state index contributed by atoms with van der Waals surface area (Å²) in [6, 6.07) is 2.81. The molecule has 1 unspecified atom stereocenters. The summed E-state index contributed by atoms with van der Waals surface area (Å²) >= 11 is 0. The van der Waals surface area contributed by atoms with Crippen molar-refractivity contribution in [2.24, 2.45) is 5.92 Å². The minimum absolute atomic E-state index is 0.00494. The molecule has 1 N–H and O–H groups in total. The summed E-state index contributed by atoms with van der Waals surface area (Å²) in [7, 11) is 1.48. The van der Waals surface area contributed by atoms with E-state index in [0.29, 0.717) is 4.90 Å². The van der Waals surface area contributed by atoms with Crippen molar-refractivity contribution >= 4 is 23.3 Å². The Morgan fingerprint density at radius 1 is 1.39 bits per heavy atom. The summed E-state index contributed by atoms with van der Waals surface area (Å²) in [6.45, 7) is -0.791. The fourth-order valence-electron chi connectivity index (χ4n) is 2.81. The Morgan fingerprint density at radius 2 is 2.04 bits per heavy atom. The molecular formula is C17H20F3N3O5. The Kier molecular flexibility index (Phi) is 6.47. The summed E-state index contributed by atoms with van der Waals surface area (Å²) < 4.78 is 43.3. The normalized spacial score (nSPS) is 14.9. The minimum atomic E-state index is -4.58. The molecular weight excluding hydrogens is 383 g/mol. The van der Waals surface area contributed by atoms with Crippen molar-refractivity contribution in [2.75, 3.05) is 25.5 Å². The van der Waals surface area contributed by atoms with Gasteiger partial charge >= 0.3 is 12.1 Å². The minimum Gasteiger partial charge on any atom is -0.452 e. The van der Waals surface area contributed by atoms with E-state index in [1.165, 1.54) is 26.1 Å². The largest absolute Gasteiger partial charge is 0.452 e. The number of hydrogen-bond acceptors (Lipinski definition) is 6. The molecule has 0 bridgehead atoms. The third-order valence-electron chi connectivity index (χ3n) is 4.50. The molecule has 2 rings (SSSR count). The molecule has 1 amide bonds. The highest BCUT2D eigenvalue weighted by Crippen LogP contribution is 2.36. The van der Waals surface area contributed by atoms with Crippen LogP contribution in [0.4, 0.5) is 24.5 Å². The van der Waals surface area contributed by atoms with Gasteiger partial charge in [0.05, 0.1) is 10.5 Å². The first-order valence-electron chi connectivity index (χ1n) is 8.53. The van der Waals surface area contributed by atoms with Crippen molar-refractivity contribution in [3.8, 4) is 0 Å². The molecule has 1 fully saturated rings. The average Bonchev–Trinajstić information content (AvgIpc) is 3.47. The van der Waals surface area contributed by atoms with Gasteiger partial charge < -0.3 is 15.0 Å². The van der Waals surface area contributed by atoms with Crippen LogP contribution in [0.15, 0.2) is 18.2 Å². The highest BCUT2D eigenvalue weighted by atomic mass is 19.4. The van der Waals surface area contributed by atoms with Crippen molar-refractivity contribution in [2.45, 2.75) is 32.0 Å². The number of anilines is 1. The third kappa shape index (κ3) is 5.57. The van der Waals surface area contributed by atoms with Crippen LogP contribution in [0.5, 0.6) is 0 Å². The number of alkyl halides is 3. The molecule has 1 aliphatic carbocycles. The second-order valence-electron chi connectivity index (χ2n) is 6.53. The van der Waals surface area contributed by atoms with Crippen molar-refractivity contribution in [3.63, 3.8) is 0 Å². The molecule has 8 nitrogen and oxygen atoms in total. The standard InChI is InChI=1S/C17H20F3N3O5/c1-10(11-3-4-11)22(9-17(18,19)20)15(24)8-28-16(25)13-7-12(23(26)27)5-6-14(13)21-2/h5-7,10-11,21H,3-4,8-9H2,1-2H3. The van der Waals surface area contributed by atoms with Crippen LogP contribution in [0.2, 0.25) is 0 Å². The Balaban J connectivity index is 2.10. The van der Waals surface area contributed by atoms with Gasteiger partial charge in [-0.05, 0) is 31.7 Å². The molecule has 0 heterocycles. The van der Waals surface area contributed by atoms with Gasteiger partial charge in [0.1, 0.15) is 6.54 Å². The van der Waals surface area contributed by atoms with Crippen LogP contribution in [0.25, 0.3) is 0 Å². The lowest BCUT2D eigenvalue weighted by molar-refractivity contribution is -0.384. The lowest BCUT2D eigenvalue weighted by atomic mass is 10.1. The summed E-state index contributed by atoms with van der Waals surface area (Å²) in [5, 5.41) is 13.5. The Hall–Kier alpha value is -2.85. The Morgan fingerprint density at radius 3 is 2.54 bits per heavy atom. The lowest BCUT2D eigenvalue weighted by Gasteiger charge is -2.30. The fourth-order valence-corrected chi connectivity index (χ4v) is 2.81. The number of rotatable bonds is 8. The van der Waals surface area contributed by atoms with E-state index < -0.39 is 42.2 Å². The van der Waals surface area contributed by atoms with Gasteiger partial charge in [0.15, 0.2) is 6.61 Å². The molecule has 154 valence electrons. The molecule has 1 aromatic rings. The van der Waals surface area contributed by atoms with Crippen LogP contribution >= 0.6 is 0 Å². The quantitative estimate of drug-likeness (QED) is 0.407. The van der Waals surface area contributed by atoms with E-state index in [1.54, 1.807) is 0 Å². The molecule has 1 aliphatic rings. The van der Waals surface area contributed by atoms with Gasteiger partial charge in [-0.3, -0.25) is 14.9 Å². The van der Waals surface area contributed by atoms with Gasteiger partial charge in [-0.2, -0.15) is 13.2 Å². The average molecular weight is 403 g/mol. The van der Waals surface area contributed by atoms with E-state index in [1.807, 2.05) is 0 Å². The van der Waals surface area contributed by atoms with E-state index in [0.717, 1.165) is 18.9 Å². The summed E-state index contributed by atoms with van der Waals surface area (Å²) in [4.78, 5) is 35.4. The number of nitrogens with zero attached hydrogens (tertiary/aromatic N) is 2. The highest BCUT2D eigenvalue weighted by Gasteiger charge is 2.40. The van der Waals surface area contributed by atoms with Crippen LogP contribution in [-0.4, -0.2) is 54.1 Å². The maximum Gasteiger partial charge on any atom is 0.406 e. The van der Waals surface area contributed by atoms with E-state index in [-0.39, 0.29) is 22.9 Å². The lowest BCUT2D eigenvalue weighted by Crippen LogP contribution is -2.47. The number of nitro benzene ring substituents is 1. The maximum atomic E-state index is 12.8. The summed E-state index contributed by atoms with van der Waals surface area (Å²) in [5.41, 5.74) is -0.331. The summed E-state index contributed by atoms with van der Waals surface area (Å²) in [5.74, 6) is -2.02. The Bertz CT molecular complexity index is 765. The van der Waals surface area contributed by atoms with Crippen molar-refractivity contribution in [1.29, 1.82) is 0 Å². The van der Waals surface area contributed by atoms with Gasteiger partial charge in [0, 0.05) is 30.9 Å². The molecule has 1 saturated carbocycles. The Labute approximate surface area is 158 Å². The molecule has 0 saturated heterocycles. The van der Waals surface area contributed by atoms with E-state index >= 15 is 0 Å². The second-order valence-corrected chi connectivity index (χ2v) is 6.53. The highest BCUT2D eigenvalue weighted by molar-refractivity contribution is 5.97. The van der Waals surface area contributed by atoms with E-state index in [4.69, 9.17) is 4.74 Å². The number of esters is 1. The van der Waals surface area contributed by atoms with E-state index in [9.17, 15) is 32.9 Å². The predicted octanol–water partition coefficient (Wildman–Crippen LogP) is 2.98. The second kappa shape index (κ2) is 8.44. The number of hydrogen-bond donors (Lipinski definition) is 1. The molecule has 1 aromatic carbocycles. The molecule has 28 heavy (non-hydrogen) atoms. The number of nitrogens with one attached hydrogen (secondary N) is 1. The van der Waals surface area contributed by atoms with Crippen molar-refractivity contribution in [1.82, 2.24) is 4.90 Å². The number of nitro groups is 1. The first-order chi connectivity index (χ1) is 13.0. The first kappa shape index (κ1) is 21.5. The number of amides is 1. The molecule has 1 atom stereocenters. The first-order valence-corrected chi connectivity index (χ1v) is 8.53. The number of carbonyl (C=O) groups excluding carboxylic acids is 2. The zero-order valence-corrected chi connectivity index (χ0v) is 15.3. The predicted molar refractivity (Wildman–Crippen MR) is 92.9 cm³/mol. The fraction of sp³-hybridized carbons (Fsp3) is 0.529. The van der Waals surface area contributed by atoms with Crippen LogP contribution in [0, 0.1) is 16.0 Å². The third-order valence-corrected chi connectivity index (χ3v) is 4.50. The summed E-state index contributed by atoms with van der Waals surface area (Å²) in [6.07, 6.45) is -3.11. The maximum absolute atomic E-state index is 12.8. The smallest absolute Gasteiger partial charge is 0.406 e. The van der Waals surface area contributed by atoms with Crippen LogP contribution in [0.3, 0.4) is 0 Å². The zero-order valence-electron chi connectivity index (χ0n) is 15.3. The number of carbonyl (C=O) groups is 2. The van der Waals surface area contributed by atoms with Gasteiger partial charge in [-0.25, -0.2) is 4.79 Å². The van der Waals surface area contributed by atoms with Crippen LogP contribution in [0.1, 0.15) is 30.1 Å². The number of non-ortho nitro benzene ring substituents is 1. The van der Waals surface area contributed by atoms with Gasteiger partial charge in [0.25, 0.3) is 11.6 Å². The number of halogens is 3. The van der Waals surface area contributed by atoms with Crippen LogP contribution < -0.4 is 5.32 Å². The topological polar surface area (TPSA) is 102 Å². The molecule has 0 radical (unpaired) electrons. The van der Waals surface area contributed by atoms with Crippen LogP contribution in [-0.2, 0) is 9.53 Å². The van der Waals surface area contributed by atoms with E-state index in [2.05, 4.69) is 5.32 Å². The SMILES string of the molecule is CNc1ccc([N+](=O)[O-])cc1C(=O)OCC(=O)N(CC(F)(F)F)C(C)C1CC1. The van der Waals surface area contributed by atoms with Crippen molar-refractivity contribution < 1.29 is 32.4 Å². The number of benzene rings is 1. The monoisotopic (exact) mass is 403 g/mol. The van der Waals surface area contributed by atoms with Gasteiger partial charge in [0.2, 0.25) is 0 Å². The van der Waals surface area contributed by atoms with Gasteiger partial charge in [-0.15, -0.1) is 0 Å². The molecule has 0 aliphatic heterocycles. The zero-order chi connectivity index (χ0) is 21.1. The van der Waals surface area contributed by atoms with Crippen molar-refractivity contribution in [3.05, 3.63) is 33.9 Å². The molecule has 11 heteroatoms. The molecule has 0 aromatic heterocycles. The molecule has 0 spiro atoms.